The van der Waals surface area contributed by atoms with E-state index in [1.54, 1.807) is 0 Å². The molecular weight excluding hydrogens is 496 g/mol. The minimum atomic E-state index is -1.80. The van der Waals surface area contributed by atoms with Crippen molar-refractivity contribution in [3.05, 3.63) is 45.1 Å². The number of carbonyl (C=O) groups excluding carboxylic acids is 4. The lowest BCUT2D eigenvalue weighted by Crippen LogP contribution is -2.25. The molecule has 3 rings (SSSR count). The normalized spacial score (nSPS) is 24.7. The van der Waals surface area contributed by atoms with Gasteiger partial charge < -0.3 is 19.7 Å². The lowest BCUT2D eigenvalue weighted by molar-refractivity contribution is -0.153. The Bertz CT molecular complexity index is 1190. The number of unbranched alkanes of at least 4 members (excludes halogenated alkanes) is 7. The van der Waals surface area contributed by atoms with E-state index in [0.717, 1.165) is 44.6 Å². The highest BCUT2D eigenvalue weighted by Gasteiger charge is 2.48. The van der Waals surface area contributed by atoms with Crippen LogP contribution in [0.2, 0.25) is 0 Å². The molecule has 10 nitrogen and oxygen atoms in total. The minimum Gasteiger partial charge on any atom is -0.481 e. The van der Waals surface area contributed by atoms with Crippen molar-refractivity contribution in [2.75, 3.05) is 0 Å². The fourth-order valence-electron chi connectivity index (χ4n) is 5.10. The van der Waals surface area contributed by atoms with Crippen LogP contribution in [0.15, 0.2) is 45.1 Å². The van der Waals surface area contributed by atoms with Crippen LogP contribution in [0.1, 0.15) is 84.5 Å². The second-order valence-electron chi connectivity index (χ2n) is 9.55. The summed E-state index contributed by atoms with van der Waals surface area (Å²) in [5.41, 5.74) is -2.53. The smallest absolute Gasteiger partial charge is 0.347 e. The van der Waals surface area contributed by atoms with Gasteiger partial charge in [-0.25, -0.2) is 24.0 Å². The van der Waals surface area contributed by atoms with Gasteiger partial charge in [0.05, 0.1) is 27.9 Å². The Kier molecular flexibility index (Phi) is 9.55. The fourth-order valence-corrected chi connectivity index (χ4v) is 5.10. The second-order valence-corrected chi connectivity index (χ2v) is 9.55. The molecule has 0 amide bonds. The summed E-state index contributed by atoms with van der Waals surface area (Å²) in [7, 11) is 0. The number of fused-ring (bicyclic) bond motifs is 1. The SMILES string of the molecule is CCCCCCC\C1=C2/C(=O)OC(=O)/C2=C(C(=O)O)/C(CCCCCC)=C\C2=C(C(=O)OC2=O)[C@@H]1C(=O)O. The quantitative estimate of drug-likeness (QED) is 0.202. The molecule has 0 aromatic rings. The molecule has 0 aromatic heterocycles. The molecule has 38 heavy (non-hydrogen) atoms. The summed E-state index contributed by atoms with van der Waals surface area (Å²) in [5.74, 6) is -9.54. The Balaban J connectivity index is 2.34. The maximum Gasteiger partial charge on any atom is 0.347 e. The maximum atomic E-state index is 13.0. The molecule has 1 fully saturated rings. The molecule has 10 heteroatoms. The highest BCUT2D eigenvalue weighted by atomic mass is 16.6. The third kappa shape index (κ3) is 5.84. The van der Waals surface area contributed by atoms with E-state index in [1.807, 2.05) is 13.8 Å². The molecule has 204 valence electrons. The van der Waals surface area contributed by atoms with Crippen LogP contribution in [-0.2, 0) is 38.2 Å². The van der Waals surface area contributed by atoms with Crippen molar-refractivity contribution in [3.8, 4) is 0 Å². The summed E-state index contributed by atoms with van der Waals surface area (Å²) in [5, 5.41) is 20.5. The maximum absolute atomic E-state index is 13.0. The summed E-state index contributed by atoms with van der Waals surface area (Å²) < 4.78 is 9.58. The Labute approximate surface area is 220 Å². The van der Waals surface area contributed by atoms with Crippen LogP contribution in [0.5, 0.6) is 0 Å². The molecule has 0 bridgehead atoms. The zero-order chi connectivity index (χ0) is 28.0. The average molecular weight is 529 g/mol. The number of hydrogen-bond donors (Lipinski definition) is 2. The van der Waals surface area contributed by atoms with E-state index in [-0.39, 0.29) is 29.6 Å². The predicted octanol–water partition coefficient (Wildman–Crippen LogP) is 4.10. The molecule has 3 aliphatic rings. The van der Waals surface area contributed by atoms with Gasteiger partial charge in [0.15, 0.2) is 0 Å². The molecule has 0 spiro atoms. The lowest BCUT2D eigenvalue weighted by atomic mass is 9.81. The molecule has 2 aliphatic heterocycles. The van der Waals surface area contributed by atoms with Gasteiger partial charge in [-0.05, 0) is 42.9 Å². The first kappa shape index (κ1) is 28.7. The van der Waals surface area contributed by atoms with E-state index in [9.17, 15) is 39.0 Å². The van der Waals surface area contributed by atoms with Crippen LogP contribution >= 0.6 is 0 Å². The fraction of sp³-hybridized carbons (Fsp3) is 0.500. The number of carboxylic acids is 2. The van der Waals surface area contributed by atoms with E-state index in [4.69, 9.17) is 9.47 Å². The highest BCUT2D eigenvalue weighted by molar-refractivity contribution is 6.24. The van der Waals surface area contributed by atoms with Gasteiger partial charge in [0.25, 0.3) is 0 Å². The van der Waals surface area contributed by atoms with E-state index in [1.165, 1.54) is 0 Å². The van der Waals surface area contributed by atoms with Crippen molar-refractivity contribution in [2.24, 2.45) is 5.92 Å². The molecule has 0 radical (unpaired) electrons. The number of carbonyl (C=O) groups is 6. The van der Waals surface area contributed by atoms with Crippen LogP contribution in [-0.4, -0.2) is 46.0 Å². The third-order valence-electron chi connectivity index (χ3n) is 6.92. The van der Waals surface area contributed by atoms with Crippen molar-refractivity contribution in [2.45, 2.75) is 84.5 Å². The number of ether oxygens (including phenoxy) is 2. The first-order valence-electron chi connectivity index (χ1n) is 13.1. The van der Waals surface area contributed by atoms with E-state index < -0.39 is 64.0 Å². The number of hydrogen-bond acceptors (Lipinski definition) is 8. The minimum absolute atomic E-state index is 0.0141. The van der Waals surface area contributed by atoms with Crippen molar-refractivity contribution >= 4 is 35.8 Å². The van der Waals surface area contributed by atoms with Gasteiger partial charge in [-0.15, -0.1) is 0 Å². The van der Waals surface area contributed by atoms with Crippen molar-refractivity contribution in [1.82, 2.24) is 0 Å². The van der Waals surface area contributed by atoms with Gasteiger partial charge >= 0.3 is 35.8 Å². The van der Waals surface area contributed by atoms with Crippen LogP contribution < -0.4 is 0 Å². The summed E-state index contributed by atoms with van der Waals surface area (Å²) in [6, 6.07) is 0. The summed E-state index contributed by atoms with van der Waals surface area (Å²) in [6.45, 7) is 4.02. The molecule has 0 saturated carbocycles. The topological polar surface area (TPSA) is 161 Å². The number of cyclic esters (lactones) is 4. The molecule has 1 saturated heterocycles. The predicted molar refractivity (Wildman–Crippen MR) is 132 cm³/mol. The Morgan fingerprint density at radius 3 is 1.89 bits per heavy atom. The molecule has 2 heterocycles. The summed E-state index contributed by atoms with van der Waals surface area (Å²) in [6.07, 6.45) is 7.96. The monoisotopic (exact) mass is 528 g/mol. The van der Waals surface area contributed by atoms with Gasteiger partial charge in [-0.2, -0.15) is 0 Å². The molecule has 0 unspecified atom stereocenters. The Morgan fingerprint density at radius 2 is 1.29 bits per heavy atom. The zero-order valence-corrected chi connectivity index (χ0v) is 21.6. The highest BCUT2D eigenvalue weighted by Crippen LogP contribution is 2.43. The number of esters is 4. The standard InChI is InChI=1S/C28H32O10/c1-3-5-7-9-11-13-16-19(24(31)32)21-17(25(33)37-27(21)35)14-15(12-10-8-6-4-2)18(23(29)30)22-20(16)26(34)38-28(22)36/h14,19H,3-13H2,1-2H3,(H,29,30)(H,31,32)/b15-14-,20-16+,22-18-/t19-/m1/s1. The van der Waals surface area contributed by atoms with Crippen LogP contribution in [0.25, 0.3) is 0 Å². The van der Waals surface area contributed by atoms with E-state index in [0.29, 0.717) is 19.3 Å². The molecule has 0 aromatic carbocycles. The van der Waals surface area contributed by atoms with Gasteiger partial charge in [0.2, 0.25) is 0 Å². The number of rotatable bonds is 13. The van der Waals surface area contributed by atoms with Gasteiger partial charge in [0, 0.05) is 0 Å². The second kappa shape index (κ2) is 12.6. The largest absolute Gasteiger partial charge is 0.481 e. The first-order chi connectivity index (χ1) is 18.1. The van der Waals surface area contributed by atoms with Gasteiger partial charge in [-0.1, -0.05) is 58.8 Å². The van der Waals surface area contributed by atoms with Crippen molar-refractivity contribution in [1.29, 1.82) is 0 Å². The lowest BCUT2D eigenvalue weighted by Gasteiger charge is -2.19. The van der Waals surface area contributed by atoms with Gasteiger partial charge in [-0.3, -0.25) is 4.79 Å². The van der Waals surface area contributed by atoms with Crippen LogP contribution in [0.3, 0.4) is 0 Å². The van der Waals surface area contributed by atoms with Crippen LogP contribution in [0.4, 0.5) is 0 Å². The van der Waals surface area contributed by atoms with Crippen molar-refractivity contribution < 1.29 is 48.5 Å². The zero-order valence-electron chi connectivity index (χ0n) is 21.6. The Morgan fingerprint density at radius 1 is 0.737 bits per heavy atom. The number of carboxylic acid groups (broad SMARTS) is 2. The molecular formula is C28H32O10. The average Bonchev–Trinajstić information content (AvgIpc) is 3.30. The molecule has 2 N–H and O–H groups in total. The van der Waals surface area contributed by atoms with E-state index >= 15 is 0 Å². The molecule has 1 atom stereocenters. The molecule has 1 aliphatic carbocycles. The third-order valence-corrected chi connectivity index (χ3v) is 6.92. The number of aliphatic carboxylic acids is 2. The van der Waals surface area contributed by atoms with Gasteiger partial charge in [0.1, 0.15) is 5.92 Å². The summed E-state index contributed by atoms with van der Waals surface area (Å²) in [4.78, 5) is 76.6. The Hall–Kier alpha value is -3.82. The first-order valence-corrected chi connectivity index (χ1v) is 13.1. The van der Waals surface area contributed by atoms with Crippen LogP contribution in [0, 0.1) is 5.92 Å². The van der Waals surface area contributed by atoms with E-state index in [2.05, 4.69) is 0 Å². The van der Waals surface area contributed by atoms with Crippen molar-refractivity contribution in [3.63, 3.8) is 0 Å². The summed E-state index contributed by atoms with van der Waals surface area (Å²) >= 11 is 0.